The maximum absolute atomic E-state index is 12.6. The van der Waals surface area contributed by atoms with Crippen LogP contribution in [-0.4, -0.2) is 29.2 Å². The number of thioether (sulfide) groups is 1. The fourth-order valence-electron chi connectivity index (χ4n) is 2.82. The highest BCUT2D eigenvalue weighted by Gasteiger charge is 2.46. The molecule has 0 fully saturated rings. The van der Waals surface area contributed by atoms with E-state index in [-0.39, 0.29) is 23.4 Å². The predicted octanol–water partition coefficient (Wildman–Crippen LogP) is 2.48. The van der Waals surface area contributed by atoms with E-state index in [1.54, 1.807) is 13.0 Å². The number of nitrogens with zero attached hydrogens (tertiary/aromatic N) is 2. The van der Waals surface area contributed by atoms with E-state index >= 15 is 0 Å². The number of rotatable bonds is 6. The first kappa shape index (κ1) is 19.5. The van der Waals surface area contributed by atoms with Crippen LogP contribution in [0.15, 0.2) is 34.9 Å². The first-order valence-corrected chi connectivity index (χ1v) is 8.92. The molecule has 2 atom stereocenters. The number of nitrogens with one attached hydrogen (secondary N) is 1. The Morgan fingerprint density at radius 1 is 1.42 bits per heavy atom. The number of carbonyl (C=O) groups excluding carboxylic acids is 2. The lowest BCUT2D eigenvalue weighted by atomic mass is 9.78. The lowest BCUT2D eigenvalue weighted by Gasteiger charge is -2.30. The monoisotopic (exact) mass is 375 g/mol. The maximum Gasteiger partial charge on any atom is 0.319 e. The van der Waals surface area contributed by atoms with E-state index in [2.05, 4.69) is 5.32 Å². The first-order chi connectivity index (χ1) is 12.5. The van der Waals surface area contributed by atoms with Crippen molar-refractivity contribution in [2.45, 2.75) is 19.8 Å². The van der Waals surface area contributed by atoms with Crippen LogP contribution in [0.2, 0.25) is 0 Å². The van der Waals surface area contributed by atoms with Gasteiger partial charge in [0.2, 0.25) is 5.91 Å². The fourth-order valence-corrected chi connectivity index (χ4v) is 3.61. The van der Waals surface area contributed by atoms with Gasteiger partial charge in [0.05, 0.1) is 34.1 Å². The van der Waals surface area contributed by atoms with Gasteiger partial charge in [-0.1, -0.05) is 25.1 Å². The van der Waals surface area contributed by atoms with Gasteiger partial charge in [-0.25, -0.2) is 0 Å². The second-order valence-electron chi connectivity index (χ2n) is 5.30. The zero-order valence-corrected chi connectivity index (χ0v) is 15.0. The van der Waals surface area contributed by atoms with E-state index in [0.29, 0.717) is 10.8 Å². The van der Waals surface area contributed by atoms with E-state index in [1.807, 2.05) is 13.0 Å². The second kappa shape index (κ2) is 8.49. The van der Waals surface area contributed by atoms with E-state index < -0.39 is 28.6 Å². The summed E-state index contributed by atoms with van der Waals surface area (Å²) in [6.07, 6.45) is 0. The van der Waals surface area contributed by atoms with Crippen LogP contribution in [-0.2, 0) is 14.3 Å². The summed E-state index contributed by atoms with van der Waals surface area (Å²) in [5.41, 5.74) is -0.00458. The number of carbonyl (C=O) groups is 2. The van der Waals surface area contributed by atoms with Crippen LogP contribution in [0, 0.1) is 27.4 Å². The predicted molar refractivity (Wildman–Crippen MR) is 94.9 cm³/mol. The Morgan fingerprint density at radius 3 is 2.69 bits per heavy atom. The Balaban J connectivity index is 2.72. The average molecular weight is 375 g/mol. The normalized spacial score (nSPS) is 19.5. The summed E-state index contributed by atoms with van der Waals surface area (Å²) < 4.78 is 4.98. The molecular weight excluding hydrogens is 358 g/mol. The summed E-state index contributed by atoms with van der Waals surface area (Å²) in [7, 11) is 0. The smallest absolute Gasteiger partial charge is 0.319 e. The molecule has 0 aromatic heterocycles. The molecule has 0 saturated heterocycles. The minimum Gasteiger partial charge on any atom is -0.465 e. The molecule has 1 aliphatic heterocycles. The Kier molecular flexibility index (Phi) is 6.36. The molecule has 1 aromatic carbocycles. The van der Waals surface area contributed by atoms with Crippen molar-refractivity contribution in [3.63, 3.8) is 0 Å². The number of nitro groups is 1. The standard InChI is InChI=1S/C17H17N3O5S/c1-3-25-17(22)14-13(10-7-5-6-8-12(10)20(23)24)11(9-18)16(26-4-2)19-15(14)21/h5-8,13-14H,3-4H2,1-2H3,(H,19,21)/t13-,14+/m0/s1. The third-order valence-corrected chi connectivity index (χ3v) is 4.73. The van der Waals surface area contributed by atoms with Crippen molar-refractivity contribution in [2.24, 2.45) is 5.92 Å². The minimum atomic E-state index is -1.37. The molecule has 1 aromatic rings. The molecule has 0 aliphatic carbocycles. The zero-order valence-electron chi connectivity index (χ0n) is 14.2. The van der Waals surface area contributed by atoms with Crippen molar-refractivity contribution in [1.29, 1.82) is 5.26 Å². The van der Waals surface area contributed by atoms with Gasteiger partial charge < -0.3 is 10.1 Å². The SMILES string of the molecule is CCOC(=O)[C@H]1C(=O)NC(SCC)=C(C#N)[C@@H]1c1ccccc1[N+](=O)[O-]. The number of nitriles is 1. The third kappa shape index (κ3) is 3.70. The fraction of sp³-hybridized carbons (Fsp3) is 0.353. The molecule has 1 amide bonds. The van der Waals surface area contributed by atoms with E-state index in [1.165, 1.54) is 30.0 Å². The maximum atomic E-state index is 12.6. The summed E-state index contributed by atoms with van der Waals surface area (Å²) in [5, 5.41) is 24.0. The molecule has 1 N–H and O–H groups in total. The number of amides is 1. The van der Waals surface area contributed by atoms with Gasteiger partial charge in [-0.2, -0.15) is 5.26 Å². The molecule has 2 rings (SSSR count). The molecule has 0 spiro atoms. The van der Waals surface area contributed by atoms with Crippen LogP contribution < -0.4 is 5.32 Å². The molecule has 0 unspecified atom stereocenters. The van der Waals surface area contributed by atoms with Gasteiger partial charge in [-0.15, -0.1) is 11.8 Å². The highest BCUT2D eigenvalue weighted by atomic mass is 32.2. The van der Waals surface area contributed by atoms with Gasteiger partial charge in [-0.05, 0) is 12.7 Å². The van der Waals surface area contributed by atoms with Crippen molar-refractivity contribution in [1.82, 2.24) is 5.32 Å². The van der Waals surface area contributed by atoms with Gasteiger partial charge in [0.1, 0.15) is 5.92 Å². The average Bonchev–Trinajstić information content (AvgIpc) is 2.61. The van der Waals surface area contributed by atoms with Crippen LogP contribution in [0.25, 0.3) is 0 Å². The Bertz CT molecular complexity index is 815. The molecule has 0 radical (unpaired) electrons. The van der Waals surface area contributed by atoms with Gasteiger partial charge in [0, 0.05) is 11.6 Å². The van der Waals surface area contributed by atoms with Crippen LogP contribution >= 0.6 is 11.8 Å². The number of para-hydroxylation sites is 1. The minimum absolute atomic E-state index is 0.0500. The van der Waals surface area contributed by atoms with Crippen molar-refractivity contribution in [2.75, 3.05) is 12.4 Å². The quantitative estimate of drug-likeness (QED) is 0.351. The van der Waals surface area contributed by atoms with Crippen LogP contribution in [0.3, 0.4) is 0 Å². The Morgan fingerprint density at radius 2 is 2.12 bits per heavy atom. The van der Waals surface area contributed by atoms with E-state index in [4.69, 9.17) is 4.74 Å². The van der Waals surface area contributed by atoms with Gasteiger partial charge in [-0.3, -0.25) is 19.7 Å². The number of benzene rings is 1. The summed E-state index contributed by atoms with van der Waals surface area (Å²) in [6.45, 7) is 3.49. The van der Waals surface area contributed by atoms with Gasteiger partial charge in [0.25, 0.3) is 5.69 Å². The van der Waals surface area contributed by atoms with Gasteiger partial charge >= 0.3 is 5.97 Å². The Labute approximate surface area is 154 Å². The summed E-state index contributed by atoms with van der Waals surface area (Å²) in [6, 6.07) is 7.81. The first-order valence-electron chi connectivity index (χ1n) is 7.94. The molecule has 1 heterocycles. The van der Waals surface area contributed by atoms with Crippen molar-refractivity contribution in [3.05, 3.63) is 50.5 Å². The zero-order chi connectivity index (χ0) is 19.3. The van der Waals surface area contributed by atoms with Crippen LogP contribution in [0.4, 0.5) is 5.69 Å². The molecule has 26 heavy (non-hydrogen) atoms. The number of hydrogen-bond donors (Lipinski definition) is 1. The summed E-state index contributed by atoms with van der Waals surface area (Å²) >= 11 is 1.23. The number of esters is 1. The number of nitro benzene ring substituents is 1. The van der Waals surface area contributed by atoms with Gasteiger partial charge in [0.15, 0.2) is 0 Å². The highest BCUT2D eigenvalue weighted by Crippen LogP contribution is 2.43. The van der Waals surface area contributed by atoms with E-state index in [9.17, 15) is 25.0 Å². The topological polar surface area (TPSA) is 122 Å². The third-order valence-electron chi connectivity index (χ3n) is 3.83. The number of hydrogen-bond acceptors (Lipinski definition) is 7. The molecule has 0 saturated carbocycles. The highest BCUT2D eigenvalue weighted by molar-refractivity contribution is 8.03. The van der Waals surface area contributed by atoms with E-state index in [0.717, 1.165) is 0 Å². The molecule has 1 aliphatic rings. The lowest BCUT2D eigenvalue weighted by molar-refractivity contribution is -0.385. The molecule has 8 nitrogen and oxygen atoms in total. The lowest BCUT2D eigenvalue weighted by Crippen LogP contribution is -2.44. The molecule has 0 bridgehead atoms. The molecular formula is C17H17N3O5S. The summed E-state index contributed by atoms with van der Waals surface area (Å²) in [4.78, 5) is 35.8. The second-order valence-corrected chi connectivity index (χ2v) is 6.57. The number of allylic oxidation sites excluding steroid dienone is 1. The van der Waals surface area contributed by atoms with Crippen LogP contribution in [0.5, 0.6) is 0 Å². The van der Waals surface area contributed by atoms with Crippen molar-refractivity contribution in [3.8, 4) is 6.07 Å². The largest absolute Gasteiger partial charge is 0.465 e. The molecule has 9 heteroatoms. The molecule has 136 valence electrons. The Hall–Kier alpha value is -2.86. The number of ether oxygens (including phenoxy) is 1. The van der Waals surface area contributed by atoms with Crippen molar-refractivity contribution < 1.29 is 19.2 Å². The van der Waals surface area contributed by atoms with Crippen LogP contribution in [0.1, 0.15) is 25.3 Å². The summed E-state index contributed by atoms with van der Waals surface area (Å²) in [5.74, 6) is -3.33. The van der Waals surface area contributed by atoms with Crippen molar-refractivity contribution >= 4 is 29.3 Å².